The average Bonchev–Trinajstić information content (AvgIpc) is 2.58. The number of nitrogens with one attached hydrogen (secondary N) is 2. The van der Waals surface area contributed by atoms with Crippen molar-refractivity contribution in [2.24, 2.45) is 5.92 Å². The van der Waals surface area contributed by atoms with Gasteiger partial charge in [-0.2, -0.15) is 0 Å². The molecule has 72 valence electrons. The summed E-state index contributed by atoms with van der Waals surface area (Å²) in [5.74, 6) is -1.22. The van der Waals surface area contributed by atoms with Gasteiger partial charge in [0.25, 0.3) is 0 Å². The van der Waals surface area contributed by atoms with Gasteiger partial charge in [-0.25, -0.2) is 0 Å². The summed E-state index contributed by atoms with van der Waals surface area (Å²) in [7, 11) is 1.76. The molecular weight excluding hydrogens is 168 g/mol. The average molecular weight is 182 g/mol. The highest BCUT2D eigenvalue weighted by Gasteiger charge is 2.23. The molecule has 1 heterocycles. The highest BCUT2D eigenvalue weighted by Crippen LogP contribution is 2.20. The van der Waals surface area contributed by atoms with E-state index < -0.39 is 11.9 Å². The van der Waals surface area contributed by atoms with Crippen molar-refractivity contribution in [3.63, 3.8) is 0 Å². The Kier molecular flexibility index (Phi) is 3.08. The number of carboxylic acids is 1. The van der Waals surface area contributed by atoms with Gasteiger partial charge in [0.2, 0.25) is 0 Å². The lowest BCUT2D eigenvalue weighted by molar-refractivity contribution is -0.142. The van der Waals surface area contributed by atoms with Crippen LogP contribution < -0.4 is 5.32 Å². The number of rotatable bonds is 4. The van der Waals surface area contributed by atoms with Gasteiger partial charge in [-0.3, -0.25) is 4.79 Å². The summed E-state index contributed by atoms with van der Waals surface area (Å²) in [6.45, 7) is 1.69. The first-order chi connectivity index (χ1) is 6.16. The third-order valence-electron chi connectivity index (χ3n) is 2.18. The summed E-state index contributed by atoms with van der Waals surface area (Å²) in [6, 6.07) is 1.74. The summed E-state index contributed by atoms with van der Waals surface area (Å²) >= 11 is 0. The number of carbonyl (C=O) groups is 1. The molecule has 13 heavy (non-hydrogen) atoms. The van der Waals surface area contributed by atoms with Crippen molar-refractivity contribution in [1.29, 1.82) is 0 Å². The predicted molar refractivity (Wildman–Crippen MR) is 49.4 cm³/mol. The van der Waals surface area contributed by atoms with Crippen LogP contribution in [0.5, 0.6) is 0 Å². The molecule has 0 saturated heterocycles. The van der Waals surface area contributed by atoms with Crippen molar-refractivity contribution in [2.45, 2.75) is 13.0 Å². The van der Waals surface area contributed by atoms with Crippen LogP contribution in [0.1, 0.15) is 18.5 Å². The zero-order valence-corrected chi connectivity index (χ0v) is 7.74. The van der Waals surface area contributed by atoms with Crippen LogP contribution in [-0.4, -0.2) is 23.1 Å². The number of carboxylic acid groups (broad SMARTS) is 1. The normalized spacial score (nSPS) is 15.2. The van der Waals surface area contributed by atoms with Crippen molar-refractivity contribution in [3.05, 3.63) is 24.0 Å². The Balaban J connectivity index is 2.79. The standard InChI is InChI=1S/C9H14N2O2/c1-6(9(12)13)8(10-2)7-3-4-11-5-7/h3-6,8,10-11H,1-2H3,(H,12,13). The van der Waals surface area contributed by atoms with E-state index in [4.69, 9.17) is 5.11 Å². The van der Waals surface area contributed by atoms with Gasteiger partial charge >= 0.3 is 5.97 Å². The number of aromatic nitrogens is 1. The zero-order valence-electron chi connectivity index (χ0n) is 7.74. The number of hydrogen-bond acceptors (Lipinski definition) is 2. The number of aromatic amines is 1. The topological polar surface area (TPSA) is 65.1 Å². The first-order valence-electron chi connectivity index (χ1n) is 4.19. The van der Waals surface area contributed by atoms with Gasteiger partial charge in [0.15, 0.2) is 0 Å². The first-order valence-corrected chi connectivity index (χ1v) is 4.19. The lowest BCUT2D eigenvalue weighted by Crippen LogP contribution is -2.28. The second-order valence-corrected chi connectivity index (χ2v) is 3.04. The molecule has 0 amide bonds. The molecule has 4 heteroatoms. The van der Waals surface area contributed by atoms with Crippen molar-refractivity contribution in [2.75, 3.05) is 7.05 Å². The molecule has 3 N–H and O–H groups in total. The summed E-state index contributed by atoms with van der Waals surface area (Å²) < 4.78 is 0. The molecule has 1 rings (SSSR count). The van der Waals surface area contributed by atoms with Gasteiger partial charge in [0, 0.05) is 18.4 Å². The van der Waals surface area contributed by atoms with Gasteiger partial charge in [0.05, 0.1) is 5.92 Å². The summed E-state index contributed by atoms with van der Waals surface area (Å²) in [6.07, 6.45) is 3.59. The molecule has 0 spiro atoms. The second kappa shape index (κ2) is 4.09. The second-order valence-electron chi connectivity index (χ2n) is 3.04. The Morgan fingerprint density at radius 2 is 2.38 bits per heavy atom. The van der Waals surface area contributed by atoms with E-state index in [1.54, 1.807) is 26.4 Å². The third-order valence-corrected chi connectivity index (χ3v) is 2.18. The third kappa shape index (κ3) is 2.09. The first kappa shape index (κ1) is 9.80. The molecule has 1 aromatic heterocycles. The molecule has 0 aliphatic heterocycles. The molecule has 0 aromatic carbocycles. The fourth-order valence-electron chi connectivity index (χ4n) is 1.38. The minimum atomic E-state index is -0.791. The van der Waals surface area contributed by atoms with E-state index in [0.29, 0.717) is 0 Å². The fourth-order valence-corrected chi connectivity index (χ4v) is 1.38. The molecule has 0 radical (unpaired) electrons. The summed E-state index contributed by atoms with van der Waals surface area (Å²) in [5, 5.41) is 11.8. The zero-order chi connectivity index (χ0) is 9.84. The summed E-state index contributed by atoms with van der Waals surface area (Å²) in [4.78, 5) is 13.7. The quantitative estimate of drug-likeness (QED) is 0.650. The van der Waals surface area contributed by atoms with E-state index in [2.05, 4.69) is 10.3 Å². The van der Waals surface area contributed by atoms with Crippen molar-refractivity contribution < 1.29 is 9.90 Å². The van der Waals surface area contributed by atoms with Crippen molar-refractivity contribution >= 4 is 5.97 Å². The van der Waals surface area contributed by atoms with Gasteiger partial charge in [-0.1, -0.05) is 6.92 Å². The van der Waals surface area contributed by atoms with Crippen LogP contribution in [0.4, 0.5) is 0 Å². The van der Waals surface area contributed by atoms with Crippen LogP contribution in [0.2, 0.25) is 0 Å². The number of hydrogen-bond donors (Lipinski definition) is 3. The van der Waals surface area contributed by atoms with Gasteiger partial charge < -0.3 is 15.4 Å². The van der Waals surface area contributed by atoms with E-state index in [-0.39, 0.29) is 6.04 Å². The Morgan fingerprint density at radius 3 is 2.77 bits per heavy atom. The van der Waals surface area contributed by atoms with E-state index in [0.717, 1.165) is 5.56 Å². The highest BCUT2D eigenvalue weighted by molar-refractivity contribution is 5.70. The molecule has 1 aromatic rings. The minimum Gasteiger partial charge on any atom is -0.481 e. The Labute approximate surface area is 77.0 Å². The smallest absolute Gasteiger partial charge is 0.308 e. The largest absolute Gasteiger partial charge is 0.481 e. The Morgan fingerprint density at radius 1 is 1.69 bits per heavy atom. The van der Waals surface area contributed by atoms with Crippen LogP contribution in [0.25, 0.3) is 0 Å². The van der Waals surface area contributed by atoms with E-state index in [9.17, 15) is 4.79 Å². The van der Waals surface area contributed by atoms with Gasteiger partial charge in [-0.05, 0) is 18.7 Å². The van der Waals surface area contributed by atoms with E-state index >= 15 is 0 Å². The molecule has 2 unspecified atom stereocenters. The Hall–Kier alpha value is -1.29. The molecule has 2 atom stereocenters. The van der Waals surface area contributed by atoms with Crippen LogP contribution in [0.15, 0.2) is 18.5 Å². The molecule has 0 aliphatic rings. The molecule has 4 nitrogen and oxygen atoms in total. The van der Waals surface area contributed by atoms with Crippen LogP contribution in [-0.2, 0) is 4.79 Å². The maximum Gasteiger partial charge on any atom is 0.308 e. The van der Waals surface area contributed by atoms with Gasteiger partial charge in [0.1, 0.15) is 0 Å². The number of aliphatic carboxylic acids is 1. The highest BCUT2D eigenvalue weighted by atomic mass is 16.4. The minimum absolute atomic E-state index is 0.135. The number of H-pyrrole nitrogens is 1. The summed E-state index contributed by atoms with van der Waals surface area (Å²) in [5.41, 5.74) is 0.970. The monoisotopic (exact) mass is 182 g/mol. The van der Waals surface area contributed by atoms with Crippen LogP contribution >= 0.6 is 0 Å². The van der Waals surface area contributed by atoms with Crippen LogP contribution in [0.3, 0.4) is 0 Å². The molecule has 0 saturated carbocycles. The molecule has 0 aliphatic carbocycles. The molecule has 0 fully saturated rings. The maximum atomic E-state index is 10.7. The molecule has 0 bridgehead atoms. The predicted octanol–water partition coefficient (Wildman–Crippen LogP) is 0.996. The van der Waals surface area contributed by atoms with Crippen LogP contribution in [0, 0.1) is 5.92 Å². The van der Waals surface area contributed by atoms with E-state index in [1.807, 2.05) is 6.07 Å². The van der Waals surface area contributed by atoms with Crippen molar-refractivity contribution in [3.8, 4) is 0 Å². The Bertz CT molecular complexity index is 269. The SMILES string of the molecule is CNC(c1cc[nH]c1)C(C)C(=O)O. The lowest BCUT2D eigenvalue weighted by atomic mass is 9.97. The molecular formula is C9H14N2O2. The van der Waals surface area contributed by atoms with Gasteiger partial charge in [-0.15, -0.1) is 0 Å². The van der Waals surface area contributed by atoms with Crippen molar-refractivity contribution in [1.82, 2.24) is 10.3 Å². The lowest BCUT2D eigenvalue weighted by Gasteiger charge is -2.18. The maximum absolute atomic E-state index is 10.7. The fraction of sp³-hybridized carbons (Fsp3) is 0.444. The van der Waals surface area contributed by atoms with E-state index in [1.165, 1.54) is 0 Å².